The largest absolute Gasteiger partial charge is 0.496 e. The van der Waals surface area contributed by atoms with Gasteiger partial charge in [0.2, 0.25) is 0 Å². The van der Waals surface area contributed by atoms with E-state index in [4.69, 9.17) is 4.74 Å². The van der Waals surface area contributed by atoms with E-state index in [1.54, 1.807) is 37.4 Å². The standard InChI is InChI=1S/C19H26N2O3S/c1-5-6-13-21(3)17-9-7-16(8-10-17)20-25(22,23)18-11-12-19(24-4)15(2)14-18/h7-12,14,20H,5-6,13H2,1-4H3. The summed E-state index contributed by atoms with van der Waals surface area (Å²) in [6.45, 7) is 4.96. The number of hydrogen-bond acceptors (Lipinski definition) is 4. The van der Waals surface area contributed by atoms with Crippen LogP contribution in [0.4, 0.5) is 11.4 Å². The van der Waals surface area contributed by atoms with Gasteiger partial charge in [0.05, 0.1) is 12.0 Å². The third kappa shape index (κ3) is 4.89. The third-order valence-electron chi connectivity index (χ3n) is 4.08. The van der Waals surface area contributed by atoms with Crippen molar-refractivity contribution in [3.05, 3.63) is 48.0 Å². The van der Waals surface area contributed by atoms with Crippen molar-refractivity contribution < 1.29 is 13.2 Å². The zero-order valence-electron chi connectivity index (χ0n) is 15.2. The normalized spacial score (nSPS) is 11.2. The van der Waals surface area contributed by atoms with Crippen molar-refractivity contribution in [1.82, 2.24) is 0 Å². The second kappa shape index (κ2) is 8.25. The van der Waals surface area contributed by atoms with Crippen LogP contribution in [0.15, 0.2) is 47.4 Å². The molecular formula is C19H26N2O3S. The molecule has 136 valence electrons. The summed E-state index contributed by atoms with van der Waals surface area (Å²) in [5.41, 5.74) is 2.39. The van der Waals surface area contributed by atoms with Gasteiger partial charge in [-0.3, -0.25) is 4.72 Å². The molecule has 0 aliphatic rings. The molecule has 2 rings (SSSR count). The molecule has 0 aliphatic carbocycles. The predicted octanol–water partition coefficient (Wildman–Crippen LogP) is 4.04. The van der Waals surface area contributed by atoms with E-state index < -0.39 is 10.0 Å². The van der Waals surface area contributed by atoms with E-state index in [2.05, 4.69) is 16.5 Å². The molecule has 2 aromatic rings. The van der Waals surface area contributed by atoms with Crippen molar-refractivity contribution in [2.24, 2.45) is 0 Å². The lowest BCUT2D eigenvalue weighted by Gasteiger charge is -2.19. The highest BCUT2D eigenvalue weighted by molar-refractivity contribution is 7.92. The van der Waals surface area contributed by atoms with Gasteiger partial charge in [-0.15, -0.1) is 0 Å². The smallest absolute Gasteiger partial charge is 0.261 e. The van der Waals surface area contributed by atoms with Gasteiger partial charge >= 0.3 is 0 Å². The SMILES string of the molecule is CCCCN(C)c1ccc(NS(=O)(=O)c2ccc(OC)c(C)c2)cc1. The minimum absolute atomic E-state index is 0.218. The van der Waals surface area contributed by atoms with Crippen LogP contribution in [0.5, 0.6) is 5.75 Å². The topological polar surface area (TPSA) is 58.6 Å². The average molecular weight is 362 g/mol. The maximum absolute atomic E-state index is 12.6. The van der Waals surface area contributed by atoms with Gasteiger partial charge in [0.25, 0.3) is 10.0 Å². The molecule has 0 radical (unpaired) electrons. The molecular weight excluding hydrogens is 336 g/mol. The fourth-order valence-corrected chi connectivity index (χ4v) is 3.68. The van der Waals surface area contributed by atoms with Crippen LogP contribution in [0.25, 0.3) is 0 Å². The molecule has 0 aromatic heterocycles. The molecule has 6 heteroatoms. The fourth-order valence-electron chi connectivity index (χ4n) is 2.54. The minimum Gasteiger partial charge on any atom is -0.496 e. The van der Waals surface area contributed by atoms with E-state index in [0.29, 0.717) is 11.4 Å². The molecule has 5 nitrogen and oxygen atoms in total. The summed E-state index contributed by atoms with van der Waals surface area (Å²) in [5, 5.41) is 0. The van der Waals surface area contributed by atoms with Gasteiger partial charge in [-0.2, -0.15) is 0 Å². The number of nitrogens with one attached hydrogen (secondary N) is 1. The van der Waals surface area contributed by atoms with Gasteiger partial charge in [-0.25, -0.2) is 8.42 Å². The maximum Gasteiger partial charge on any atom is 0.261 e. The highest BCUT2D eigenvalue weighted by atomic mass is 32.2. The summed E-state index contributed by atoms with van der Waals surface area (Å²) < 4.78 is 32.9. The Morgan fingerprint density at radius 2 is 1.80 bits per heavy atom. The number of aryl methyl sites for hydroxylation is 1. The Hall–Kier alpha value is -2.21. The van der Waals surface area contributed by atoms with Crippen molar-refractivity contribution in [2.45, 2.75) is 31.6 Å². The highest BCUT2D eigenvalue weighted by Crippen LogP contribution is 2.24. The summed E-state index contributed by atoms with van der Waals surface area (Å²) in [6, 6.07) is 12.2. The average Bonchev–Trinajstić information content (AvgIpc) is 2.59. The molecule has 0 amide bonds. The Bertz CT molecular complexity index is 802. The van der Waals surface area contributed by atoms with Crippen LogP contribution in [0, 0.1) is 6.92 Å². The van der Waals surface area contributed by atoms with Gasteiger partial charge < -0.3 is 9.64 Å². The summed E-state index contributed by atoms with van der Waals surface area (Å²) in [5.74, 6) is 0.665. The van der Waals surface area contributed by atoms with E-state index >= 15 is 0 Å². The minimum atomic E-state index is -3.63. The molecule has 0 aliphatic heterocycles. The van der Waals surface area contributed by atoms with E-state index in [-0.39, 0.29) is 4.90 Å². The van der Waals surface area contributed by atoms with Crippen molar-refractivity contribution in [2.75, 3.05) is 30.3 Å². The van der Waals surface area contributed by atoms with Crippen LogP contribution in [-0.4, -0.2) is 29.1 Å². The summed E-state index contributed by atoms with van der Waals surface area (Å²) in [6.07, 6.45) is 2.27. The Balaban J connectivity index is 2.14. The van der Waals surface area contributed by atoms with E-state index in [0.717, 1.165) is 30.6 Å². The molecule has 0 saturated carbocycles. The number of nitrogens with zero attached hydrogens (tertiary/aromatic N) is 1. The van der Waals surface area contributed by atoms with Crippen molar-refractivity contribution in [3.63, 3.8) is 0 Å². The van der Waals surface area contributed by atoms with Gasteiger partial charge in [0, 0.05) is 25.0 Å². The Morgan fingerprint density at radius 1 is 1.12 bits per heavy atom. The summed E-state index contributed by atoms with van der Waals surface area (Å²) in [7, 11) is -0.0272. The van der Waals surface area contributed by atoms with Crippen LogP contribution < -0.4 is 14.4 Å². The van der Waals surface area contributed by atoms with Gasteiger partial charge in [0.15, 0.2) is 0 Å². The Morgan fingerprint density at radius 3 is 2.36 bits per heavy atom. The molecule has 0 unspecified atom stereocenters. The molecule has 25 heavy (non-hydrogen) atoms. The quantitative estimate of drug-likeness (QED) is 0.770. The molecule has 0 bridgehead atoms. The number of hydrogen-bond donors (Lipinski definition) is 1. The summed E-state index contributed by atoms with van der Waals surface area (Å²) in [4.78, 5) is 2.38. The van der Waals surface area contributed by atoms with Crippen LogP contribution in [0.1, 0.15) is 25.3 Å². The molecule has 0 atom stereocenters. The van der Waals surface area contributed by atoms with Gasteiger partial charge in [0.1, 0.15) is 5.75 Å². The molecule has 1 N–H and O–H groups in total. The summed E-state index contributed by atoms with van der Waals surface area (Å²) >= 11 is 0. The first-order valence-corrected chi connectivity index (χ1v) is 9.84. The van der Waals surface area contributed by atoms with E-state index in [1.807, 2.05) is 26.1 Å². The van der Waals surface area contributed by atoms with Crippen molar-refractivity contribution in [1.29, 1.82) is 0 Å². The van der Waals surface area contributed by atoms with E-state index in [1.165, 1.54) is 0 Å². The zero-order chi connectivity index (χ0) is 18.4. The zero-order valence-corrected chi connectivity index (χ0v) is 16.1. The fraction of sp³-hybridized carbons (Fsp3) is 0.368. The second-order valence-electron chi connectivity index (χ2n) is 6.06. The first kappa shape index (κ1) is 19.1. The van der Waals surface area contributed by atoms with Gasteiger partial charge in [-0.1, -0.05) is 13.3 Å². The Labute approximate surface area is 150 Å². The monoisotopic (exact) mass is 362 g/mol. The lowest BCUT2D eigenvalue weighted by molar-refractivity contribution is 0.411. The number of rotatable bonds is 8. The van der Waals surface area contributed by atoms with Crippen molar-refractivity contribution >= 4 is 21.4 Å². The van der Waals surface area contributed by atoms with Crippen LogP contribution in [-0.2, 0) is 10.0 Å². The lowest BCUT2D eigenvalue weighted by Crippen LogP contribution is -2.18. The highest BCUT2D eigenvalue weighted by Gasteiger charge is 2.15. The number of sulfonamides is 1. The van der Waals surface area contributed by atoms with Crippen LogP contribution in [0.3, 0.4) is 0 Å². The molecule has 0 saturated heterocycles. The third-order valence-corrected chi connectivity index (χ3v) is 5.46. The lowest BCUT2D eigenvalue weighted by atomic mass is 10.2. The number of ether oxygens (including phenoxy) is 1. The number of benzene rings is 2. The molecule has 0 spiro atoms. The predicted molar refractivity (Wildman–Crippen MR) is 103 cm³/mol. The molecule has 2 aromatic carbocycles. The van der Waals surface area contributed by atoms with Crippen LogP contribution in [0.2, 0.25) is 0 Å². The molecule has 0 heterocycles. The number of unbranched alkanes of at least 4 members (excludes halogenated alkanes) is 1. The molecule has 0 fully saturated rings. The number of methoxy groups -OCH3 is 1. The first-order chi connectivity index (χ1) is 11.9. The first-order valence-electron chi connectivity index (χ1n) is 8.36. The van der Waals surface area contributed by atoms with Gasteiger partial charge in [-0.05, 0) is 61.4 Å². The number of anilines is 2. The second-order valence-corrected chi connectivity index (χ2v) is 7.74. The maximum atomic E-state index is 12.6. The van der Waals surface area contributed by atoms with Crippen LogP contribution >= 0.6 is 0 Å². The Kier molecular flexibility index (Phi) is 6.31. The van der Waals surface area contributed by atoms with Crippen molar-refractivity contribution in [3.8, 4) is 5.75 Å². The van der Waals surface area contributed by atoms with E-state index in [9.17, 15) is 8.42 Å².